The predicted molar refractivity (Wildman–Crippen MR) is 116 cm³/mol. The third kappa shape index (κ3) is 4.54. The zero-order chi connectivity index (χ0) is 20.2. The summed E-state index contributed by atoms with van der Waals surface area (Å²) in [5, 5.41) is 5.90. The number of carbonyl (C=O) groups is 2. The molecule has 0 bridgehead atoms. The largest absolute Gasteiger partial charge is 0.338 e. The molecule has 2 amide bonds. The molecule has 4 rings (SSSR count). The Hall–Kier alpha value is -2.99. The van der Waals surface area contributed by atoms with Crippen LogP contribution in [0.25, 0.3) is 10.6 Å². The predicted octanol–water partition coefficient (Wildman–Crippen LogP) is 4.61. The number of nitrogens with zero attached hydrogens (tertiary/aromatic N) is 2. The Balaban J connectivity index is 1.38. The molecule has 1 N–H and O–H groups in total. The quantitative estimate of drug-likeness (QED) is 0.689. The van der Waals surface area contributed by atoms with Gasteiger partial charge >= 0.3 is 0 Å². The van der Waals surface area contributed by atoms with E-state index in [2.05, 4.69) is 10.3 Å². The van der Waals surface area contributed by atoms with Crippen molar-refractivity contribution in [3.8, 4) is 10.6 Å². The number of piperidine rings is 1. The first-order valence-electron chi connectivity index (χ1n) is 9.77. The number of aryl methyl sites for hydroxylation is 1. The second-order valence-electron chi connectivity index (χ2n) is 7.36. The minimum absolute atomic E-state index is 0.00435. The van der Waals surface area contributed by atoms with Gasteiger partial charge < -0.3 is 10.2 Å². The lowest BCUT2D eigenvalue weighted by Gasteiger charge is -2.32. The Morgan fingerprint density at radius 1 is 1.10 bits per heavy atom. The first-order chi connectivity index (χ1) is 14.1. The van der Waals surface area contributed by atoms with Crippen molar-refractivity contribution in [3.63, 3.8) is 0 Å². The number of nitrogens with one attached hydrogen (secondary N) is 1. The van der Waals surface area contributed by atoms with Crippen LogP contribution in [0.3, 0.4) is 0 Å². The summed E-state index contributed by atoms with van der Waals surface area (Å²) in [4.78, 5) is 31.6. The van der Waals surface area contributed by atoms with Gasteiger partial charge in [-0.2, -0.15) is 0 Å². The Labute approximate surface area is 174 Å². The topological polar surface area (TPSA) is 62.3 Å². The average molecular weight is 406 g/mol. The van der Waals surface area contributed by atoms with Crippen molar-refractivity contribution >= 4 is 28.8 Å². The molecule has 0 saturated carbocycles. The SMILES string of the molecule is Cc1ccc(C(=O)N2CCCC(C(=O)Nc3ccc(-c4nccs4)cc3)C2)cc1. The molecule has 1 aromatic heterocycles. The van der Waals surface area contributed by atoms with E-state index in [0.29, 0.717) is 18.7 Å². The summed E-state index contributed by atoms with van der Waals surface area (Å²) >= 11 is 1.58. The van der Waals surface area contributed by atoms with E-state index in [4.69, 9.17) is 0 Å². The average Bonchev–Trinajstić information content (AvgIpc) is 3.29. The van der Waals surface area contributed by atoms with Gasteiger partial charge in [0.15, 0.2) is 0 Å². The maximum atomic E-state index is 12.8. The van der Waals surface area contributed by atoms with Crippen LogP contribution in [0.4, 0.5) is 5.69 Å². The third-order valence-corrected chi connectivity index (χ3v) is 6.03. The number of hydrogen-bond donors (Lipinski definition) is 1. The lowest BCUT2D eigenvalue weighted by Crippen LogP contribution is -2.43. The fraction of sp³-hybridized carbons (Fsp3) is 0.261. The molecule has 0 radical (unpaired) electrons. The van der Waals surface area contributed by atoms with Gasteiger partial charge in [0.25, 0.3) is 5.91 Å². The van der Waals surface area contributed by atoms with Crippen molar-refractivity contribution in [3.05, 3.63) is 71.2 Å². The highest BCUT2D eigenvalue weighted by Gasteiger charge is 2.29. The minimum atomic E-state index is -0.197. The van der Waals surface area contributed by atoms with Crippen molar-refractivity contribution in [2.24, 2.45) is 5.92 Å². The van der Waals surface area contributed by atoms with E-state index < -0.39 is 0 Å². The molecule has 1 fully saturated rings. The highest BCUT2D eigenvalue weighted by atomic mass is 32.1. The number of anilines is 1. The number of likely N-dealkylation sites (tertiary alicyclic amines) is 1. The molecule has 29 heavy (non-hydrogen) atoms. The highest BCUT2D eigenvalue weighted by Crippen LogP contribution is 2.24. The normalized spacial score (nSPS) is 16.4. The molecule has 6 heteroatoms. The molecule has 3 aromatic rings. The first kappa shape index (κ1) is 19.3. The Morgan fingerprint density at radius 3 is 2.55 bits per heavy atom. The molecule has 0 aliphatic carbocycles. The molecule has 148 valence electrons. The molecular weight excluding hydrogens is 382 g/mol. The van der Waals surface area contributed by atoms with Gasteiger partial charge in [-0.1, -0.05) is 17.7 Å². The minimum Gasteiger partial charge on any atom is -0.338 e. The van der Waals surface area contributed by atoms with E-state index in [0.717, 1.165) is 34.7 Å². The molecule has 1 aliphatic heterocycles. The van der Waals surface area contributed by atoms with Crippen LogP contribution >= 0.6 is 11.3 Å². The van der Waals surface area contributed by atoms with E-state index in [-0.39, 0.29) is 17.7 Å². The van der Waals surface area contributed by atoms with Crippen LogP contribution in [0, 0.1) is 12.8 Å². The van der Waals surface area contributed by atoms with Gasteiger partial charge in [0.1, 0.15) is 5.01 Å². The maximum absolute atomic E-state index is 12.8. The number of hydrogen-bond acceptors (Lipinski definition) is 4. The summed E-state index contributed by atoms with van der Waals surface area (Å²) in [5.74, 6) is -0.236. The second-order valence-corrected chi connectivity index (χ2v) is 8.25. The standard InChI is InChI=1S/C23H23N3O2S/c1-16-4-6-18(7-5-16)23(28)26-13-2-3-19(15-26)21(27)25-20-10-8-17(9-11-20)22-24-12-14-29-22/h4-12,14,19H,2-3,13,15H2,1H3,(H,25,27). The molecule has 2 aromatic carbocycles. The van der Waals surface area contributed by atoms with Gasteiger partial charge in [-0.25, -0.2) is 4.98 Å². The Morgan fingerprint density at radius 2 is 1.86 bits per heavy atom. The number of amides is 2. The zero-order valence-electron chi connectivity index (χ0n) is 16.3. The molecule has 5 nitrogen and oxygen atoms in total. The van der Waals surface area contributed by atoms with E-state index >= 15 is 0 Å². The van der Waals surface area contributed by atoms with Crippen molar-refractivity contribution < 1.29 is 9.59 Å². The van der Waals surface area contributed by atoms with Crippen LogP contribution in [0.15, 0.2) is 60.1 Å². The maximum Gasteiger partial charge on any atom is 0.253 e. The summed E-state index contributed by atoms with van der Waals surface area (Å²) in [5.41, 5.74) is 3.59. The zero-order valence-corrected chi connectivity index (χ0v) is 17.1. The number of aromatic nitrogens is 1. The lowest BCUT2D eigenvalue weighted by atomic mass is 9.96. The van der Waals surface area contributed by atoms with Crippen LogP contribution in [0.2, 0.25) is 0 Å². The van der Waals surface area contributed by atoms with Gasteiger partial charge in [0, 0.05) is 41.5 Å². The molecule has 1 atom stereocenters. The Bertz CT molecular complexity index is 982. The van der Waals surface area contributed by atoms with Crippen molar-refractivity contribution in [2.75, 3.05) is 18.4 Å². The van der Waals surface area contributed by atoms with E-state index in [1.807, 2.05) is 60.8 Å². The number of benzene rings is 2. The van der Waals surface area contributed by atoms with Gasteiger partial charge in [-0.15, -0.1) is 11.3 Å². The fourth-order valence-corrected chi connectivity index (χ4v) is 4.21. The molecular formula is C23H23N3O2S. The van der Waals surface area contributed by atoms with Gasteiger partial charge in [-0.3, -0.25) is 9.59 Å². The summed E-state index contributed by atoms with van der Waals surface area (Å²) in [6.45, 7) is 3.15. The van der Waals surface area contributed by atoms with Crippen LogP contribution in [-0.4, -0.2) is 34.8 Å². The molecule has 1 unspecified atom stereocenters. The summed E-state index contributed by atoms with van der Waals surface area (Å²) in [6.07, 6.45) is 3.40. The molecule has 1 aliphatic rings. The first-order valence-corrected chi connectivity index (χ1v) is 10.6. The third-order valence-electron chi connectivity index (χ3n) is 5.21. The number of rotatable bonds is 4. The highest BCUT2D eigenvalue weighted by molar-refractivity contribution is 7.13. The van der Waals surface area contributed by atoms with Crippen LogP contribution in [0.5, 0.6) is 0 Å². The van der Waals surface area contributed by atoms with Gasteiger partial charge in [-0.05, 0) is 56.2 Å². The van der Waals surface area contributed by atoms with Crippen molar-refractivity contribution in [1.82, 2.24) is 9.88 Å². The molecule has 1 saturated heterocycles. The van der Waals surface area contributed by atoms with Crippen molar-refractivity contribution in [2.45, 2.75) is 19.8 Å². The summed E-state index contributed by atoms with van der Waals surface area (Å²) in [6, 6.07) is 15.3. The van der Waals surface area contributed by atoms with Gasteiger partial charge in [0.05, 0.1) is 5.92 Å². The van der Waals surface area contributed by atoms with E-state index in [9.17, 15) is 9.59 Å². The van der Waals surface area contributed by atoms with Crippen molar-refractivity contribution in [1.29, 1.82) is 0 Å². The smallest absolute Gasteiger partial charge is 0.253 e. The number of carbonyl (C=O) groups excluding carboxylic acids is 2. The molecule has 2 heterocycles. The van der Waals surface area contributed by atoms with Crippen LogP contribution in [0.1, 0.15) is 28.8 Å². The monoisotopic (exact) mass is 405 g/mol. The van der Waals surface area contributed by atoms with E-state index in [1.54, 1.807) is 22.4 Å². The summed E-state index contributed by atoms with van der Waals surface area (Å²) < 4.78 is 0. The molecule has 0 spiro atoms. The second kappa shape index (κ2) is 8.57. The fourth-order valence-electron chi connectivity index (χ4n) is 3.56. The number of thiazole rings is 1. The summed E-state index contributed by atoms with van der Waals surface area (Å²) in [7, 11) is 0. The van der Waals surface area contributed by atoms with Crippen LogP contribution in [-0.2, 0) is 4.79 Å². The Kier molecular flexibility index (Phi) is 5.71. The van der Waals surface area contributed by atoms with Crippen LogP contribution < -0.4 is 5.32 Å². The van der Waals surface area contributed by atoms with E-state index in [1.165, 1.54) is 0 Å². The lowest BCUT2D eigenvalue weighted by molar-refractivity contribution is -0.121. The van der Waals surface area contributed by atoms with Gasteiger partial charge in [0.2, 0.25) is 5.91 Å².